The molecule has 0 atom stereocenters. The van der Waals surface area contributed by atoms with E-state index in [0.717, 1.165) is 0 Å². The van der Waals surface area contributed by atoms with E-state index in [1.54, 1.807) is 31.4 Å². The number of likely N-dealkylation sites (N-methyl/N-ethyl adjacent to an activating group) is 1. The normalized spacial score (nSPS) is 9.96. The molecule has 0 aliphatic carbocycles. The van der Waals surface area contributed by atoms with Crippen LogP contribution in [-0.4, -0.2) is 50.5 Å². The van der Waals surface area contributed by atoms with Crippen LogP contribution in [0.1, 0.15) is 20.7 Å². The Kier molecular flexibility index (Phi) is 6.32. The van der Waals surface area contributed by atoms with Gasteiger partial charge in [-0.2, -0.15) is 0 Å². The summed E-state index contributed by atoms with van der Waals surface area (Å²) in [6.07, 6.45) is 0. The lowest BCUT2D eigenvalue weighted by atomic mass is 10.1. The highest BCUT2D eigenvalue weighted by atomic mass is 16.5. The second-order valence-electron chi connectivity index (χ2n) is 5.51. The van der Waals surface area contributed by atoms with E-state index in [2.05, 4.69) is 10.1 Å². The van der Waals surface area contributed by atoms with Gasteiger partial charge in [-0.3, -0.25) is 9.59 Å². The van der Waals surface area contributed by atoms with Gasteiger partial charge in [0.15, 0.2) is 0 Å². The molecule has 0 radical (unpaired) electrons. The van der Waals surface area contributed by atoms with Gasteiger partial charge in [0.1, 0.15) is 5.75 Å². The number of carbonyl (C=O) groups excluding carboxylic acids is 3. The van der Waals surface area contributed by atoms with Crippen molar-refractivity contribution < 1.29 is 23.9 Å². The van der Waals surface area contributed by atoms with E-state index < -0.39 is 5.97 Å². The predicted octanol–water partition coefficient (Wildman–Crippen LogP) is 2.19. The third kappa shape index (κ3) is 4.83. The first-order valence-electron chi connectivity index (χ1n) is 7.82. The fraction of sp³-hybridized carbons (Fsp3) is 0.211. The van der Waals surface area contributed by atoms with Crippen LogP contribution in [0.3, 0.4) is 0 Å². The summed E-state index contributed by atoms with van der Waals surface area (Å²) in [5.41, 5.74) is 1.33. The number of anilines is 1. The molecule has 0 saturated carbocycles. The smallest absolute Gasteiger partial charge is 0.337 e. The molecule has 0 saturated heterocycles. The van der Waals surface area contributed by atoms with Crippen molar-refractivity contribution in [2.45, 2.75) is 0 Å². The van der Waals surface area contributed by atoms with Crippen LogP contribution < -0.4 is 10.1 Å². The van der Waals surface area contributed by atoms with Crippen molar-refractivity contribution in [3.05, 3.63) is 59.7 Å². The predicted molar refractivity (Wildman–Crippen MR) is 96.4 cm³/mol. The number of rotatable bonds is 6. The summed E-state index contributed by atoms with van der Waals surface area (Å²) in [7, 11) is 4.38. The minimum Gasteiger partial charge on any atom is -0.497 e. The van der Waals surface area contributed by atoms with E-state index >= 15 is 0 Å². The molecule has 2 rings (SSSR count). The Bertz CT molecular complexity index is 785. The number of ether oxygens (including phenoxy) is 2. The highest BCUT2D eigenvalue weighted by molar-refractivity contribution is 6.00. The topological polar surface area (TPSA) is 84.9 Å². The summed E-state index contributed by atoms with van der Waals surface area (Å²) in [6.45, 7) is -0.108. The maximum Gasteiger partial charge on any atom is 0.337 e. The second kappa shape index (κ2) is 8.66. The third-order valence-corrected chi connectivity index (χ3v) is 3.65. The minimum absolute atomic E-state index is 0.108. The van der Waals surface area contributed by atoms with Crippen LogP contribution in [0.15, 0.2) is 48.5 Å². The van der Waals surface area contributed by atoms with Crippen molar-refractivity contribution in [3.63, 3.8) is 0 Å². The molecule has 2 amide bonds. The zero-order valence-corrected chi connectivity index (χ0v) is 14.8. The first kappa shape index (κ1) is 19.0. The molecular weight excluding hydrogens is 336 g/mol. The largest absolute Gasteiger partial charge is 0.497 e. The summed E-state index contributed by atoms with van der Waals surface area (Å²) in [5, 5.41) is 2.71. The maximum atomic E-state index is 12.4. The molecule has 2 aromatic rings. The molecule has 0 unspecified atom stereocenters. The van der Waals surface area contributed by atoms with E-state index in [9.17, 15) is 14.4 Å². The fourth-order valence-electron chi connectivity index (χ4n) is 2.25. The number of nitrogens with one attached hydrogen (secondary N) is 1. The zero-order chi connectivity index (χ0) is 19.1. The van der Waals surface area contributed by atoms with E-state index in [4.69, 9.17) is 4.74 Å². The highest BCUT2D eigenvalue weighted by Crippen LogP contribution is 2.15. The van der Waals surface area contributed by atoms with Gasteiger partial charge in [0.2, 0.25) is 5.91 Å². The quantitative estimate of drug-likeness (QED) is 0.802. The van der Waals surface area contributed by atoms with Crippen molar-refractivity contribution in [3.8, 4) is 5.75 Å². The molecular formula is C19H20N2O5. The lowest BCUT2D eigenvalue weighted by Gasteiger charge is -2.17. The van der Waals surface area contributed by atoms with Gasteiger partial charge in [0, 0.05) is 18.3 Å². The fourth-order valence-corrected chi connectivity index (χ4v) is 2.25. The highest BCUT2D eigenvalue weighted by Gasteiger charge is 2.16. The number of hydrogen-bond acceptors (Lipinski definition) is 5. The molecule has 26 heavy (non-hydrogen) atoms. The van der Waals surface area contributed by atoms with Crippen LogP contribution in [0.4, 0.5) is 5.69 Å². The Morgan fingerprint density at radius 2 is 1.50 bits per heavy atom. The van der Waals surface area contributed by atoms with Gasteiger partial charge < -0.3 is 19.7 Å². The maximum absolute atomic E-state index is 12.4. The summed E-state index contributed by atoms with van der Waals surface area (Å²) >= 11 is 0. The molecule has 2 aromatic carbocycles. The number of amides is 2. The Labute approximate surface area is 151 Å². The van der Waals surface area contributed by atoms with Crippen molar-refractivity contribution in [1.29, 1.82) is 0 Å². The molecule has 1 N–H and O–H groups in total. The minimum atomic E-state index is -0.476. The van der Waals surface area contributed by atoms with Gasteiger partial charge in [0.25, 0.3) is 5.91 Å². The Balaban J connectivity index is 1.94. The standard InChI is InChI=1S/C19H20N2O5/c1-21(12-17(22)20-15-8-10-16(25-2)11-9-15)18(23)13-4-6-14(7-5-13)19(24)26-3/h4-11H,12H2,1-3H3,(H,20,22). The van der Waals surface area contributed by atoms with Crippen LogP contribution in [0.5, 0.6) is 5.75 Å². The molecule has 0 fully saturated rings. The first-order valence-corrected chi connectivity index (χ1v) is 7.82. The van der Waals surface area contributed by atoms with Crippen molar-refractivity contribution in [2.24, 2.45) is 0 Å². The van der Waals surface area contributed by atoms with E-state index in [0.29, 0.717) is 22.6 Å². The van der Waals surface area contributed by atoms with Gasteiger partial charge in [-0.15, -0.1) is 0 Å². The number of benzene rings is 2. The number of carbonyl (C=O) groups is 3. The number of esters is 1. The van der Waals surface area contributed by atoms with Crippen molar-refractivity contribution in [2.75, 3.05) is 33.1 Å². The van der Waals surface area contributed by atoms with Crippen LogP contribution in [0.2, 0.25) is 0 Å². The Morgan fingerprint density at radius 1 is 0.923 bits per heavy atom. The molecule has 0 aromatic heterocycles. The number of hydrogen-bond donors (Lipinski definition) is 1. The molecule has 136 valence electrons. The molecule has 7 nitrogen and oxygen atoms in total. The van der Waals surface area contributed by atoms with Gasteiger partial charge in [-0.25, -0.2) is 4.79 Å². The molecule has 7 heteroatoms. The lowest BCUT2D eigenvalue weighted by Crippen LogP contribution is -2.34. The molecule has 0 heterocycles. The molecule has 0 aliphatic rings. The van der Waals surface area contributed by atoms with Gasteiger partial charge in [0.05, 0.1) is 26.3 Å². The summed E-state index contributed by atoms with van der Waals surface area (Å²) in [5.74, 6) is -0.439. The molecule has 0 aliphatic heterocycles. The molecule has 0 bridgehead atoms. The van der Waals surface area contributed by atoms with E-state index in [-0.39, 0.29) is 18.4 Å². The first-order chi connectivity index (χ1) is 12.4. The Morgan fingerprint density at radius 3 is 2.04 bits per heavy atom. The summed E-state index contributed by atoms with van der Waals surface area (Å²) < 4.78 is 9.67. The molecule has 0 spiro atoms. The van der Waals surface area contributed by atoms with Crippen LogP contribution in [-0.2, 0) is 9.53 Å². The van der Waals surface area contributed by atoms with Gasteiger partial charge >= 0.3 is 5.97 Å². The van der Waals surface area contributed by atoms with Crippen LogP contribution >= 0.6 is 0 Å². The number of methoxy groups -OCH3 is 2. The zero-order valence-electron chi connectivity index (χ0n) is 14.8. The van der Waals surface area contributed by atoms with Crippen LogP contribution in [0.25, 0.3) is 0 Å². The third-order valence-electron chi connectivity index (χ3n) is 3.65. The Hall–Kier alpha value is -3.35. The lowest BCUT2D eigenvalue weighted by molar-refractivity contribution is -0.116. The second-order valence-corrected chi connectivity index (χ2v) is 5.51. The van der Waals surface area contributed by atoms with E-state index in [1.807, 2.05) is 0 Å². The van der Waals surface area contributed by atoms with Crippen molar-refractivity contribution >= 4 is 23.5 Å². The average molecular weight is 356 g/mol. The average Bonchev–Trinajstić information content (AvgIpc) is 2.67. The van der Waals surface area contributed by atoms with Gasteiger partial charge in [-0.05, 0) is 48.5 Å². The monoisotopic (exact) mass is 356 g/mol. The number of nitrogens with zero attached hydrogens (tertiary/aromatic N) is 1. The van der Waals surface area contributed by atoms with Crippen molar-refractivity contribution in [1.82, 2.24) is 4.90 Å². The summed E-state index contributed by atoms with van der Waals surface area (Å²) in [4.78, 5) is 37.2. The summed E-state index contributed by atoms with van der Waals surface area (Å²) in [6, 6.07) is 12.9. The van der Waals surface area contributed by atoms with Crippen LogP contribution in [0, 0.1) is 0 Å². The SMILES string of the molecule is COC(=O)c1ccc(C(=O)N(C)CC(=O)Nc2ccc(OC)cc2)cc1. The van der Waals surface area contributed by atoms with Gasteiger partial charge in [-0.1, -0.05) is 0 Å². The van der Waals surface area contributed by atoms with E-state index in [1.165, 1.54) is 43.3 Å².